The summed E-state index contributed by atoms with van der Waals surface area (Å²) in [4.78, 5) is 61.0. The molecule has 17 heteroatoms. The van der Waals surface area contributed by atoms with E-state index in [0.29, 0.717) is 10.0 Å². The number of ketones is 1. The highest BCUT2D eigenvalue weighted by molar-refractivity contribution is 6.66. The average Bonchev–Trinajstić information content (AvgIpc) is 3.30. The molecule has 41 heavy (non-hydrogen) atoms. The summed E-state index contributed by atoms with van der Waals surface area (Å²) in [6, 6.07) is 8.21. The molecule has 4 atom stereocenters. The number of Topliss-reactive ketones (excluding diaryl/α,β-unsaturated/α-hetero) is 1. The van der Waals surface area contributed by atoms with Crippen LogP contribution in [0.4, 0.5) is 5.69 Å². The fourth-order valence-electron chi connectivity index (χ4n) is 5.26. The molecule has 0 N–H and O–H groups in total. The van der Waals surface area contributed by atoms with Gasteiger partial charge in [0.25, 0.3) is 23.4 Å². The third-order valence-electron chi connectivity index (χ3n) is 7.21. The normalized spacial score (nSPS) is 27.9. The van der Waals surface area contributed by atoms with E-state index in [-0.39, 0.29) is 36.9 Å². The minimum absolute atomic E-state index is 0.0597. The molecule has 0 aromatic heterocycles. The van der Waals surface area contributed by atoms with Crippen LogP contribution in [0.3, 0.4) is 0 Å². The summed E-state index contributed by atoms with van der Waals surface area (Å²) in [6.45, 7) is -0.888. The minimum atomic E-state index is -2.22. The number of carbonyl (C=O) groups is 4. The zero-order valence-electron chi connectivity index (χ0n) is 19.7. The summed E-state index contributed by atoms with van der Waals surface area (Å²) in [6.07, 6.45) is 0. The molecule has 5 rings (SSSR count). The summed E-state index contributed by atoms with van der Waals surface area (Å²) in [5.41, 5.74) is -0.612. The maximum absolute atomic E-state index is 13.9. The van der Waals surface area contributed by atoms with Crippen molar-refractivity contribution in [1.29, 1.82) is 0 Å². The molecule has 214 valence electrons. The van der Waals surface area contributed by atoms with Crippen LogP contribution in [0.1, 0.15) is 20.7 Å². The van der Waals surface area contributed by atoms with Gasteiger partial charge < -0.3 is 0 Å². The molecular formula is C24H11Cl8N3O6. The molecule has 0 radical (unpaired) electrons. The van der Waals surface area contributed by atoms with Crippen molar-refractivity contribution < 1.29 is 24.1 Å². The van der Waals surface area contributed by atoms with E-state index in [0.717, 1.165) is 24.3 Å². The molecule has 9 nitrogen and oxygen atoms in total. The number of fused-ring (bicyclic) bond motifs is 5. The lowest BCUT2D eigenvalue weighted by Crippen LogP contribution is -2.56. The number of nitro benzene ring substituents is 1. The molecule has 3 aliphatic rings. The lowest BCUT2D eigenvalue weighted by Gasteiger charge is -2.36. The Bertz CT molecular complexity index is 1570. The maximum atomic E-state index is 13.9. The molecule has 2 aliphatic carbocycles. The highest BCUT2D eigenvalue weighted by Crippen LogP contribution is 2.77. The number of allylic oxidation sites excluding steroid dienone is 2. The van der Waals surface area contributed by atoms with Crippen LogP contribution in [0.5, 0.6) is 0 Å². The molecule has 1 heterocycles. The molecule has 1 aliphatic heterocycles. The number of carbonyl (C=O) groups excluding carboxylic acids is 4. The van der Waals surface area contributed by atoms with Gasteiger partial charge >= 0.3 is 0 Å². The van der Waals surface area contributed by atoms with E-state index in [1.54, 1.807) is 0 Å². The molecule has 2 fully saturated rings. The zero-order chi connectivity index (χ0) is 30.4. The van der Waals surface area contributed by atoms with Crippen molar-refractivity contribution in [2.45, 2.75) is 14.1 Å². The Hall–Kier alpha value is -1.82. The first-order valence-electron chi connectivity index (χ1n) is 11.3. The molecule has 2 aromatic carbocycles. The number of hydrazine groups is 1. The van der Waals surface area contributed by atoms with Gasteiger partial charge in [0.15, 0.2) is 10.1 Å². The van der Waals surface area contributed by atoms with Crippen LogP contribution in [-0.4, -0.2) is 59.1 Å². The Morgan fingerprint density at radius 2 is 1.39 bits per heavy atom. The predicted molar refractivity (Wildman–Crippen MR) is 154 cm³/mol. The van der Waals surface area contributed by atoms with Gasteiger partial charge in [-0.3, -0.25) is 29.3 Å². The number of halogens is 8. The minimum Gasteiger partial charge on any atom is -0.292 e. The van der Waals surface area contributed by atoms with E-state index in [1.165, 1.54) is 18.2 Å². The first-order chi connectivity index (χ1) is 19.0. The third kappa shape index (κ3) is 4.04. The standard InChI is InChI=1S/C24H11Cl8N3O6/c25-10-3-6-12(13(26)7-10)14(36)8-33(19(37)9-1-4-11(5-2-9)35(40)41)34-20(38)15-16(21(34)39)23(30)18(28)17(27)22(15,29)24(23,31)32/h1-7,15-16H,8H2/t15-,16-,22-,23-/m1/s1. The van der Waals surface area contributed by atoms with Crippen molar-refractivity contribution in [3.8, 4) is 0 Å². The first-order valence-corrected chi connectivity index (χ1v) is 14.3. The Kier molecular flexibility index (Phi) is 7.57. The highest BCUT2D eigenvalue weighted by Gasteiger charge is 2.88. The first kappa shape index (κ1) is 30.6. The van der Waals surface area contributed by atoms with E-state index in [9.17, 15) is 29.3 Å². The van der Waals surface area contributed by atoms with Crippen molar-refractivity contribution in [1.82, 2.24) is 10.0 Å². The number of alkyl halides is 4. The van der Waals surface area contributed by atoms with Gasteiger partial charge in [0, 0.05) is 28.3 Å². The van der Waals surface area contributed by atoms with Gasteiger partial charge in [-0.25, -0.2) is 5.01 Å². The molecular weight excluding hydrogens is 710 g/mol. The van der Waals surface area contributed by atoms with Crippen molar-refractivity contribution in [2.75, 3.05) is 6.54 Å². The Morgan fingerprint density at radius 3 is 1.85 bits per heavy atom. The Balaban J connectivity index is 1.60. The molecule has 1 saturated heterocycles. The fraction of sp³-hybridized carbons (Fsp3) is 0.250. The fourth-order valence-corrected chi connectivity index (χ4v) is 8.71. The number of rotatable bonds is 6. The van der Waals surface area contributed by atoms with Crippen molar-refractivity contribution >= 4 is 122 Å². The summed E-state index contributed by atoms with van der Waals surface area (Å²) in [7, 11) is 0. The van der Waals surface area contributed by atoms with Crippen LogP contribution in [0.15, 0.2) is 52.5 Å². The van der Waals surface area contributed by atoms with Gasteiger partial charge in [-0.1, -0.05) is 69.6 Å². The summed E-state index contributed by atoms with van der Waals surface area (Å²) in [5, 5.41) is 11.5. The lowest BCUT2D eigenvalue weighted by atomic mass is 9.84. The van der Waals surface area contributed by atoms with Gasteiger partial charge in [0.1, 0.15) is 16.3 Å². The average molecular weight is 721 g/mol. The molecule has 3 amide bonds. The second-order valence-electron chi connectivity index (χ2n) is 9.28. The zero-order valence-corrected chi connectivity index (χ0v) is 25.8. The monoisotopic (exact) mass is 717 g/mol. The Morgan fingerprint density at radius 1 is 0.878 bits per heavy atom. The van der Waals surface area contributed by atoms with Gasteiger partial charge in [0.05, 0.1) is 31.8 Å². The van der Waals surface area contributed by atoms with E-state index < -0.39 is 60.9 Å². The smallest absolute Gasteiger partial charge is 0.273 e. The van der Waals surface area contributed by atoms with Crippen molar-refractivity contribution in [2.24, 2.45) is 11.8 Å². The number of hydrogen-bond donors (Lipinski definition) is 0. The SMILES string of the molecule is O=C(CN(C(=O)c1ccc([N+](=O)[O-])cc1)N1C(=O)[C@H]2[C@H](C1=O)[C@@]1(Cl)C(Cl)=C(Cl)[C@@]2(Cl)C1(Cl)Cl)c1ccc(Cl)cc1Cl. The molecule has 0 unspecified atom stereocenters. The van der Waals surface area contributed by atoms with E-state index in [4.69, 9.17) is 92.8 Å². The quantitative estimate of drug-likeness (QED) is 0.109. The van der Waals surface area contributed by atoms with E-state index in [1.807, 2.05) is 0 Å². The molecule has 2 aromatic rings. The van der Waals surface area contributed by atoms with Crippen molar-refractivity contribution in [3.05, 3.63) is 83.8 Å². The number of nitrogens with zero attached hydrogens (tertiary/aromatic N) is 3. The third-order valence-corrected chi connectivity index (χ3v) is 12.0. The number of nitro groups is 1. The van der Waals surface area contributed by atoms with Gasteiger partial charge in [-0.2, -0.15) is 5.01 Å². The summed E-state index contributed by atoms with van der Waals surface area (Å²) < 4.78 is -2.22. The summed E-state index contributed by atoms with van der Waals surface area (Å²) >= 11 is 51.3. The highest BCUT2D eigenvalue weighted by atomic mass is 35.5. The van der Waals surface area contributed by atoms with Crippen LogP contribution in [0.2, 0.25) is 10.0 Å². The van der Waals surface area contributed by atoms with Crippen LogP contribution in [0, 0.1) is 22.0 Å². The predicted octanol–water partition coefficient (Wildman–Crippen LogP) is 6.59. The van der Waals surface area contributed by atoms with Gasteiger partial charge in [0.2, 0.25) is 0 Å². The topological polar surface area (TPSA) is 118 Å². The largest absolute Gasteiger partial charge is 0.292 e. The lowest BCUT2D eigenvalue weighted by molar-refractivity contribution is -0.384. The molecule has 0 spiro atoms. The van der Waals surface area contributed by atoms with E-state index in [2.05, 4.69) is 0 Å². The van der Waals surface area contributed by atoms with Gasteiger partial charge in [-0.05, 0) is 30.3 Å². The number of amides is 3. The second kappa shape index (κ2) is 10.1. The maximum Gasteiger partial charge on any atom is 0.273 e. The number of hydrogen-bond acceptors (Lipinski definition) is 6. The number of imide groups is 1. The number of non-ortho nitro benzene ring substituents is 1. The molecule has 1 saturated carbocycles. The van der Waals surface area contributed by atoms with Crippen LogP contribution >= 0.6 is 92.8 Å². The summed E-state index contributed by atoms with van der Waals surface area (Å²) in [5.74, 6) is -7.18. The molecule has 2 bridgehead atoms. The van der Waals surface area contributed by atoms with Crippen LogP contribution in [-0.2, 0) is 9.59 Å². The van der Waals surface area contributed by atoms with E-state index >= 15 is 0 Å². The van der Waals surface area contributed by atoms with Crippen LogP contribution in [0.25, 0.3) is 0 Å². The Labute approximate surface area is 270 Å². The number of benzene rings is 2. The van der Waals surface area contributed by atoms with Crippen LogP contribution < -0.4 is 0 Å². The van der Waals surface area contributed by atoms with Gasteiger partial charge in [-0.15, -0.1) is 23.2 Å². The van der Waals surface area contributed by atoms with Crippen molar-refractivity contribution in [3.63, 3.8) is 0 Å². The second-order valence-corrected chi connectivity index (χ2v) is 13.4.